The molecule has 25 heavy (non-hydrogen) atoms. The van der Waals surface area contributed by atoms with E-state index in [1.54, 1.807) is 18.2 Å². The van der Waals surface area contributed by atoms with Gasteiger partial charge in [-0.2, -0.15) is 0 Å². The van der Waals surface area contributed by atoms with Gasteiger partial charge in [0.1, 0.15) is 11.5 Å². The van der Waals surface area contributed by atoms with E-state index < -0.39 is 18.5 Å². The lowest BCUT2D eigenvalue weighted by molar-refractivity contribution is -0.148. The Morgan fingerprint density at radius 3 is 2.24 bits per heavy atom. The smallest absolute Gasteiger partial charge is 0.331 e. The third kappa shape index (κ3) is 6.94. The van der Waals surface area contributed by atoms with Crippen molar-refractivity contribution in [2.75, 3.05) is 41.5 Å². The molecule has 0 heterocycles. The lowest BCUT2D eigenvalue weighted by Gasteiger charge is -2.15. The molecule has 0 saturated carbocycles. The van der Waals surface area contributed by atoms with Gasteiger partial charge in [0.2, 0.25) is 5.91 Å². The van der Waals surface area contributed by atoms with Crippen LogP contribution in [-0.4, -0.2) is 64.2 Å². The van der Waals surface area contributed by atoms with Gasteiger partial charge in [-0.3, -0.25) is 9.59 Å². The summed E-state index contributed by atoms with van der Waals surface area (Å²) < 4.78 is 15.1. The van der Waals surface area contributed by atoms with E-state index in [9.17, 15) is 14.4 Å². The number of nitrogens with zero attached hydrogens (tertiary/aromatic N) is 1. The number of benzene rings is 1. The molecule has 8 nitrogen and oxygen atoms in total. The highest BCUT2D eigenvalue weighted by atomic mass is 16.5. The molecule has 0 radical (unpaired) electrons. The van der Waals surface area contributed by atoms with Crippen molar-refractivity contribution in [1.29, 1.82) is 0 Å². The molecule has 0 bridgehead atoms. The highest BCUT2D eigenvalue weighted by molar-refractivity contribution is 5.90. The summed E-state index contributed by atoms with van der Waals surface area (Å²) in [4.78, 5) is 35.8. The first kappa shape index (κ1) is 20.0. The molecule has 0 unspecified atom stereocenters. The second kappa shape index (κ2) is 9.96. The molecule has 1 N–H and O–H groups in total. The lowest BCUT2D eigenvalue weighted by Crippen LogP contribution is -2.38. The van der Waals surface area contributed by atoms with Crippen LogP contribution in [0.2, 0.25) is 0 Å². The van der Waals surface area contributed by atoms with Gasteiger partial charge >= 0.3 is 5.97 Å². The molecule has 1 aromatic rings. The fourth-order valence-corrected chi connectivity index (χ4v) is 1.76. The van der Waals surface area contributed by atoms with Gasteiger partial charge in [0.25, 0.3) is 5.91 Å². The van der Waals surface area contributed by atoms with Crippen molar-refractivity contribution >= 4 is 23.9 Å². The summed E-state index contributed by atoms with van der Waals surface area (Å²) in [5, 5.41) is 2.40. The summed E-state index contributed by atoms with van der Waals surface area (Å²) in [6.45, 7) is -0.551. The number of hydrogen-bond acceptors (Lipinski definition) is 6. The zero-order chi connectivity index (χ0) is 18.8. The van der Waals surface area contributed by atoms with Crippen LogP contribution in [0.4, 0.5) is 0 Å². The Balaban J connectivity index is 2.58. The Labute approximate surface area is 146 Å². The lowest BCUT2D eigenvalue weighted by atomic mass is 10.2. The van der Waals surface area contributed by atoms with Gasteiger partial charge in [0, 0.05) is 26.2 Å². The largest absolute Gasteiger partial charge is 0.497 e. The SMILES string of the molecule is CNC(=O)CN(C)C(=O)COC(=O)/C=C/c1cc(OC)cc(OC)c1. The normalized spacial score (nSPS) is 10.2. The summed E-state index contributed by atoms with van der Waals surface area (Å²) in [6.07, 6.45) is 2.71. The van der Waals surface area contributed by atoms with Crippen LogP contribution in [0.15, 0.2) is 24.3 Å². The summed E-state index contributed by atoms with van der Waals surface area (Å²) in [5.74, 6) is -0.303. The van der Waals surface area contributed by atoms with Crippen molar-refractivity contribution in [1.82, 2.24) is 10.2 Å². The van der Waals surface area contributed by atoms with E-state index in [0.29, 0.717) is 17.1 Å². The average molecular weight is 350 g/mol. The zero-order valence-corrected chi connectivity index (χ0v) is 14.7. The molecule has 0 aliphatic heterocycles. The third-order valence-corrected chi connectivity index (χ3v) is 3.21. The van der Waals surface area contributed by atoms with Gasteiger partial charge < -0.3 is 24.4 Å². The number of carbonyl (C=O) groups excluding carboxylic acids is 3. The molecule has 0 spiro atoms. The van der Waals surface area contributed by atoms with E-state index in [1.165, 1.54) is 45.4 Å². The number of ether oxygens (including phenoxy) is 3. The Morgan fingerprint density at radius 1 is 1.12 bits per heavy atom. The van der Waals surface area contributed by atoms with Crippen molar-refractivity contribution in [3.8, 4) is 11.5 Å². The Hall–Kier alpha value is -3.03. The maximum Gasteiger partial charge on any atom is 0.331 e. The van der Waals surface area contributed by atoms with E-state index in [4.69, 9.17) is 14.2 Å². The first-order valence-corrected chi connectivity index (χ1v) is 7.42. The fourth-order valence-electron chi connectivity index (χ4n) is 1.76. The Kier molecular flexibility index (Phi) is 7.98. The summed E-state index contributed by atoms with van der Waals surface area (Å²) in [5.41, 5.74) is 0.677. The van der Waals surface area contributed by atoms with E-state index in [-0.39, 0.29) is 12.5 Å². The van der Waals surface area contributed by atoms with Crippen LogP contribution in [0.1, 0.15) is 5.56 Å². The van der Waals surface area contributed by atoms with Gasteiger partial charge in [0.05, 0.1) is 20.8 Å². The molecule has 8 heteroatoms. The molecule has 136 valence electrons. The monoisotopic (exact) mass is 350 g/mol. The van der Waals surface area contributed by atoms with Crippen LogP contribution in [0.25, 0.3) is 6.08 Å². The second-order valence-electron chi connectivity index (χ2n) is 5.01. The van der Waals surface area contributed by atoms with Crippen LogP contribution in [-0.2, 0) is 19.1 Å². The molecule has 0 aliphatic carbocycles. The highest BCUT2D eigenvalue weighted by Crippen LogP contribution is 2.23. The van der Waals surface area contributed by atoms with Crippen molar-refractivity contribution in [3.63, 3.8) is 0 Å². The van der Waals surface area contributed by atoms with Gasteiger partial charge in [-0.15, -0.1) is 0 Å². The first-order valence-electron chi connectivity index (χ1n) is 7.42. The number of esters is 1. The number of nitrogens with one attached hydrogen (secondary N) is 1. The molecule has 0 atom stereocenters. The van der Waals surface area contributed by atoms with E-state index in [2.05, 4.69) is 5.32 Å². The van der Waals surface area contributed by atoms with E-state index in [0.717, 1.165) is 0 Å². The number of likely N-dealkylation sites (N-methyl/N-ethyl adjacent to an activating group) is 2. The summed E-state index contributed by atoms with van der Waals surface area (Å²) in [6, 6.07) is 5.14. The predicted molar refractivity (Wildman–Crippen MR) is 91.2 cm³/mol. The minimum Gasteiger partial charge on any atom is -0.497 e. The van der Waals surface area contributed by atoms with E-state index >= 15 is 0 Å². The van der Waals surface area contributed by atoms with Crippen LogP contribution in [0.5, 0.6) is 11.5 Å². The molecule has 1 rings (SSSR count). The van der Waals surface area contributed by atoms with Crippen LogP contribution >= 0.6 is 0 Å². The van der Waals surface area contributed by atoms with Gasteiger partial charge in [0.15, 0.2) is 6.61 Å². The first-order chi connectivity index (χ1) is 11.9. The van der Waals surface area contributed by atoms with Crippen molar-refractivity contribution < 1.29 is 28.6 Å². The number of rotatable bonds is 8. The summed E-state index contributed by atoms with van der Waals surface area (Å²) in [7, 11) is 5.97. The maximum atomic E-state index is 11.8. The predicted octanol–water partition coefficient (Wildman–Crippen LogP) is 0.465. The van der Waals surface area contributed by atoms with Crippen LogP contribution < -0.4 is 14.8 Å². The van der Waals surface area contributed by atoms with Crippen molar-refractivity contribution in [2.45, 2.75) is 0 Å². The molecule has 0 aliphatic rings. The molecule has 0 saturated heterocycles. The molecule has 2 amide bonds. The molecule has 1 aromatic carbocycles. The number of hydrogen-bond donors (Lipinski definition) is 1. The van der Waals surface area contributed by atoms with Crippen LogP contribution in [0, 0.1) is 0 Å². The van der Waals surface area contributed by atoms with Gasteiger partial charge in [-0.25, -0.2) is 4.79 Å². The minimum absolute atomic E-state index is 0.105. The quantitative estimate of drug-likeness (QED) is 0.541. The Bertz CT molecular complexity index is 634. The minimum atomic E-state index is -0.677. The number of methoxy groups -OCH3 is 2. The zero-order valence-electron chi connectivity index (χ0n) is 14.7. The number of amides is 2. The standard InChI is InChI=1S/C17H22N2O6/c1-18-15(20)10-19(2)16(21)11-25-17(22)6-5-12-7-13(23-3)9-14(8-12)24-4/h5-9H,10-11H2,1-4H3,(H,18,20)/b6-5+. The highest BCUT2D eigenvalue weighted by Gasteiger charge is 2.13. The molecular weight excluding hydrogens is 328 g/mol. The average Bonchev–Trinajstić information content (AvgIpc) is 2.63. The topological polar surface area (TPSA) is 94.2 Å². The maximum absolute atomic E-state index is 11.8. The Morgan fingerprint density at radius 2 is 1.72 bits per heavy atom. The third-order valence-electron chi connectivity index (χ3n) is 3.21. The number of carbonyl (C=O) groups is 3. The van der Waals surface area contributed by atoms with Crippen molar-refractivity contribution in [3.05, 3.63) is 29.8 Å². The van der Waals surface area contributed by atoms with Crippen LogP contribution in [0.3, 0.4) is 0 Å². The molecule has 0 aromatic heterocycles. The van der Waals surface area contributed by atoms with E-state index in [1.807, 2.05) is 0 Å². The molecular formula is C17H22N2O6. The molecule has 0 fully saturated rings. The van der Waals surface area contributed by atoms with Crippen molar-refractivity contribution in [2.24, 2.45) is 0 Å². The van der Waals surface area contributed by atoms with Gasteiger partial charge in [-0.1, -0.05) is 0 Å². The fraction of sp³-hybridized carbons (Fsp3) is 0.353. The summed E-state index contributed by atoms with van der Waals surface area (Å²) >= 11 is 0. The second-order valence-corrected chi connectivity index (χ2v) is 5.01. The van der Waals surface area contributed by atoms with Gasteiger partial charge in [-0.05, 0) is 23.8 Å².